The summed E-state index contributed by atoms with van der Waals surface area (Å²) in [6.07, 6.45) is 2.20. The third kappa shape index (κ3) is 4.81. The molecule has 3 rings (SSSR count). The standard InChI is InChI=1S/C18H17ClN4OS2/c1-3-15(26-16-8-11(2)20-10-21-16)17(24)23-18-22-14(9-25-18)12-4-6-13(19)7-5-12/h4-10,15H,3H2,1-2H3,(H,22,23,24). The number of thioether (sulfide) groups is 1. The molecule has 26 heavy (non-hydrogen) atoms. The van der Waals surface area contributed by atoms with Gasteiger partial charge in [-0.1, -0.05) is 42.4 Å². The normalized spacial score (nSPS) is 12.0. The molecule has 0 aliphatic rings. The lowest BCUT2D eigenvalue weighted by Crippen LogP contribution is -2.24. The fourth-order valence-corrected chi connectivity index (χ4v) is 4.05. The average Bonchev–Trinajstić information content (AvgIpc) is 3.08. The number of carbonyl (C=O) groups excluding carboxylic acids is 1. The van der Waals surface area contributed by atoms with Crippen LogP contribution in [0.2, 0.25) is 5.02 Å². The number of rotatable bonds is 6. The number of halogens is 1. The molecular formula is C18H17ClN4OS2. The van der Waals surface area contributed by atoms with Gasteiger partial charge in [0, 0.05) is 21.7 Å². The number of carbonyl (C=O) groups is 1. The van der Waals surface area contributed by atoms with Crippen molar-refractivity contribution in [1.82, 2.24) is 15.0 Å². The van der Waals surface area contributed by atoms with E-state index in [1.807, 2.05) is 49.6 Å². The summed E-state index contributed by atoms with van der Waals surface area (Å²) in [5.41, 5.74) is 2.66. The van der Waals surface area contributed by atoms with E-state index in [2.05, 4.69) is 20.3 Å². The molecule has 0 fully saturated rings. The fraction of sp³-hybridized carbons (Fsp3) is 0.222. The van der Waals surface area contributed by atoms with Crippen molar-refractivity contribution in [2.75, 3.05) is 5.32 Å². The number of benzene rings is 1. The van der Waals surface area contributed by atoms with E-state index in [9.17, 15) is 4.79 Å². The lowest BCUT2D eigenvalue weighted by Gasteiger charge is -2.12. The zero-order valence-corrected chi connectivity index (χ0v) is 16.7. The van der Waals surface area contributed by atoms with Crippen molar-refractivity contribution < 1.29 is 4.79 Å². The topological polar surface area (TPSA) is 67.8 Å². The van der Waals surface area contributed by atoms with Crippen LogP contribution in [0.4, 0.5) is 5.13 Å². The van der Waals surface area contributed by atoms with Crippen molar-refractivity contribution >= 4 is 45.7 Å². The van der Waals surface area contributed by atoms with E-state index < -0.39 is 0 Å². The first-order valence-corrected chi connectivity index (χ1v) is 10.2. The van der Waals surface area contributed by atoms with Gasteiger partial charge < -0.3 is 5.32 Å². The van der Waals surface area contributed by atoms with E-state index >= 15 is 0 Å². The second-order valence-corrected chi connectivity index (χ2v) is 8.06. The smallest absolute Gasteiger partial charge is 0.239 e. The number of hydrogen-bond acceptors (Lipinski definition) is 6. The highest BCUT2D eigenvalue weighted by Gasteiger charge is 2.20. The molecule has 1 aromatic carbocycles. The Kier molecular flexibility index (Phi) is 6.24. The minimum atomic E-state index is -0.243. The van der Waals surface area contributed by atoms with Crippen LogP contribution in [0.25, 0.3) is 11.3 Å². The largest absolute Gasteiger partial charge is 0.301 e. The molecule has 2 aromatic heterocycles. The third-order valence-corrected chi connectivity index (χ3v) is 5.89. The molecule has 3 aromatic rings. The van der Waals surface area contributed by atoms with Crippen LogP contribution in [0.3, 0.4) is 0 Å². The summed E-state index contributed by atoms with van der Waals surface area (Å²) in [5, 5.41) is 6.64. The summed E-state index contributed by atoms with van der Waals surface area (Å²) >= 11 is 8.75. The minimum absolute atomic E-state index is 0.0780. The molecule has 134 valence electrons. The minimum Gasteiger partial charge on any atom is -0.301 e. The van der Waals surface area contributed by atoms with E-state index in [4.69, 9.17) is 11.6 Å². The third-order valence-electron chi connectivity index (χ3n) is 3.58. The van der Waals surface area contributed by atoms with Gasteiger partial charge in [0.05, 0.1) is 10.9 Å². The predicted octanol–water partition coefficient (Wildman–Crippen LogP) is 5.07. The van der Waals surface area contributed by atoms with Crippen LogP contribution in [0.15, 0.2) is 47.1 Å². The van der Waals surface area contributed by atoms with E-state index in [0.29, 0.717) is 16.6 Å². The lowest BCUT2D eigenvalue weighted by molar-refractivity contribution is -0.115. The molecule has 0 bridgehead atoms. The molecule has 1 amide bonds. The summed E-state index contributed by atoms with van der Waals surface area (Å²) < 4.78 is 0. The zero-order chi connectivity index (χ0) is 18.5. The van der Waals surface area contributed by atoms with E-state index in [1.165, 1.54) is 29.4 Å². The molecule has 0 radical (unpaired) electrons. The highest BCUT2D eigenvalue weighted by molar-refractivity contribution is 8.00. The van der Waals surface area contributed by atoms with Gasteiger partial charge in [-0.2, -0.15) is 0 Å². The van der Waals surface area contributed by atoms with Crippen LogP contribution >= 0.6 is 34.7 Å². The van der Waals surface area contributed by atoms with Crippen molar-refractivity contribution in [3.63, 3.8) is 0 Å². The Balaban J connectivity index is 1.67. The second-order valence-electron chi connectivity index (χ2n) is 5.55. The number of nitrogens with one attached hydrogen (secondary N) is 1. The molecule has 0 spiro atoms. The molecule has 0 saturated heterocycles. The number of anilines is 1. The monoisotopic (exact) mass is 404 g/mol. The molecule has 0 saturated carbocycles. The Bertz CT molecular complexity index is 898. The van der Waals surface area contributed by atoms with Crippen LogP contribution in [0.1, 0.15) is 19.0 Å². The van der Waals surface area contributed by atoms with Gasteiger partial charge in [0.1, 0.15) is 11.4 Å². The van der Waals surface area contributed by atoms with Gasteiger partial charge in [-0.15, -0.1) is 11.3 Å². The number of hydrogen-bond donors (Lipinski definition) is 1. The fourth-order valence-electron chi connectivity index (χ4n) is 2.23. The second kappa shape index (κ2) is 8.62. The Morgan fingerprint density at radius 1 is 1.31 bits per heavy atom. The van der Waals surface area contributed by atoms with E-state index in [-0.39, 0.29) is 11.2 Å². The maximum Gasteiger partial charge on any atom is 0.239 e. The summed E-state index contributed by atoms with van der Waals surface area (Å²) in [6, 6.07) is 9.34. The van der Waals surface area contributed by atoms with Crippen molar-refractivity contribution in [1.29, 1.82) is 0 Å². The van der Waals surface area contributed by atoms with Crippen LogP contribution in [-0.2, 0) is 4.79 Å². The van der Waals surface area contributed by atoms with Gasteiger partial charge in [-0.05, 0) is 31.5 Å². The summed E-state index contributed by atoms with van der Waals surface area (Å²) in [6.45, 7) is 3.88. The molecule has 5 nitrogen and oxygen atoms in total. The average molecular weight is 405 g/mol. The highest BCUT2D eigenvalue weighted by atomic mass is 35.5. The van der Waals surface area contributed by atoms with Gasteiger partial charge in [-0.3, -0.25) is 4.79 Å². The van der Waals surface area contributed by atoms with Gasteiger partial charge in [0.15, 0.2) is 5.13 Å². The molecular weight excluding hydrogens is 388 g/mol. The van der Waals surface area contributed by atoms with Crippen molar-refractivity contribution in [3.8, 4) is 11.3 Å². The molecule has 0 aliphatic carbocycles. The van der Waals surface area contributed by atoms with Crippen LogP contribution in [0, 0.1) is 6.92 Å². The van der Waals surface area contributed by atoms with E-state index in [0.717, 1.165) is 22.0 Å². The van der Waals surface area contributed by atoms with Gasteiger partial charge in [0.25, 0.3) is 0 Å². The van der Waals surface area contributed by atoms with Crippen LogP contribution in [0.5, 0.6) is 0 Å². The van der Waals surface area contributed by atoms with Crippen LogP contribution < -0.4 is 5.32 Å². The molecule has 2 heterocycles. The number of aryl methyl sites for hydroxylation is 1. The first-order valence-electron chi connectivity index (χ1n) is 8.03. The summed E-state index contributed by atoms with van der Waals surface area (Å²) in [5.74, 6) is -0.0780. The molecule has 0 aliphatic heterocycles. The Morgan fingerprint density at radius 2 is 2.08 bits per heavy atom. The zero-order valence-electron chi connectivity index (χ0n) is 14.3. The molecule has 1 unspecified atom stereocenters. The number of thiazole rings is 1. The number of amides is 1. The van der Waals surface area contributed by atoms with Gasteiger partial charge in [-0.25, -0.2) is 15.0 Å². The Morgan fingerprint density at radius 3 is 2.77 bits per heavy atom. The first-order chi connectivity index (χ1) is 12.5. The van der Waals surface area contributed by atoms with Crippen molar-refractivity contribution in [2.45, 2.75) is 30.5 Å². The highest BCUT2D eigenvalue weighted by Crippen LogP contribution is 2.28. The Labute approximate surface area is 165 Å². The van der Waals surface area contributed by atoms with Gasteiger partial charge >= 0.3 is 0 Å². The molecule has 1 N–H and O–H groups in total. The number of aromatic nitrogens is 3. The molecule has 1 atom stereocenters. The summed E-state index contributed by atoms with van der Waals surface area (Å²) in [4.78, 5) is 25.4. The maximum absolute atomic E-state index is 12.6. The van der Waals surface area contributed by atoms with E-state index in [1.54, 1.807) is 0 Å². The van der Waals surface area contributed by atoms with Crippen LogP contribution in [-0.4, -0.2) is 26.1 Å². The first kappa shape index (κ1) is 18.8. The Hall–Kier alpha value is -1.96. The number of nitrogens with zero attached hydrogens (tertiary/aromatic N) is 3. The quantitative estimate of drug-likeness (QED) is 0.458. The maximum atomic E-state index is 12.6. The van der Waals surface area contributed by atoms with Crippen molar-refractivity contribution in [2.24, 2.45) is 0 Å². The lowest BCUT2D eigenvalue weighted by atomic mass is 10.2. The predicted molar refractivity (Wildman–Crippen MR) is 108 cm³/mol. The SMILES string of the molecule is CCC(Sc1cc(C)ncn1)C(=O)Nc1nc(-c2ccc(Cl)cc2)cs1. The summed E-state index contributed by atoms with van der Waals surface area (Å²) in [7, 11) is 0. The molecule has 8 heteroatoms. The van der Waals surface area contributed by atoms with Gasteiger partial charge in [0.2, 0.25) is 5.91 Å². The van der Waals surface area contributed by atoms with Crippen molar-refractivity contribution in [3.05, 3.63) is 52.8 Å².